The van der Waals surface area contributed by atoms with Crippen LogP contribution in [-0.2, 0) is 14.3 Å². The summed E-state index contributed by atoms with van der Waals surface area (Å²) >= 11 is 0. The first kappa shape index (κ1) is 15.9. The van der Waals surface area contributed by atoms with Crippen LogP contribution in [0.5, 0.6) is 0 Å². The minimum Gasteiger partial charge on any atom is -0.480 e. The molecule has 0 bridgehead atoms. The van der Waals surface area contributed by atoms with Crippen LogP contribution < -0.4 is 10.6 Å². The Kier molecular flexibility index (Phi) is 5.75. The summed E-state index contributed by atoms with van der Waals surface area (Å²) in [6, 6.07) is -0.0325. The van der Waals surface area contributed by atoms with E-state index in [0.29, 0.717) is 19.6 Å². The fourth-order valence-electron chi connectivity index (χ4n) is 2.00. The number of hydrogen-bond acceptors (Lipinski definition) is 4. The van der Waals surface area contributed by atoms with E-state index in [2.05, 4.69) is 17.6 Å². The van der Waals surface area contributed by atoms with E-state index in [9.17, 15) is 9.59 Å². The molecule has 6 nitrogen and oxygen atoms in total. The zero-order chi connectivity index (χ0) is 14.5. The molecule has 0 spiro atoms. The van der Waals surface area contributed by atoms with Crippen molar-refractivity contribution in [3.8, 4) is 0 Å². The second-order valence-corrected chi connectivity index (χ2v) is 5.18. The fourth-order valence-corrected chi connectivity index (χ4v) is 2.00. The van der Waals surface area contributed by atoms with Gasteiger partial charge in [-0.25, -0.2) is 4.79 Å². The number of rotatable bonds is 7. The minimum absolute atomic E-state index is 0.0325. The number of carboxylic acids is 1. The van der Waals surface area contributed by atoms with Gasteiger partial charge < -0.3 is 20.5 Å². The summed E-state index contributed by atoms with van der Waals surface area (Å²) in [5, 5.41) is 15.1. The van der Waals surface area contributed by atoms with E-state index in [0.717, 1.165) is 13.0 Å². The summed E-state index contributed by atoms with van der Waals surface area (Å²) in [6.45, 7) is 6.97. The van der Waals surface area contributed by atoms with Crippen LogP contribution in [0, 0.1) is 5.92 Å². The van der Waals surface area contributed by atoms with E-state index < -0.39 is 11.5 Å². The highest BCUT2D eigenvalue weighted by molar-refractivity contribution is 5.88. The number of aliphatic carboxylic acids is 1. The summed E-state index contributed by atoms with van der Waals surface area (Å²) in [6.07, 6.45) is 1.32. The molecule has 0 aliphatic carbocycles. The third-order valence-electron chi connectivity index (χ3n) is 3.65. The van der Waals surface area contributed by atoms with E-state index in [1.54, 1.807) is 6.92 Å². The molecular formula is C13H24N2O4. The first-order chi connectivity index (χ1) is 8.94. The molecule has 1 aliphatic heterocycles. The molecule has 3 atom stereocenters. The Bertz CT molecular complexity index is 335. The van der Waals surface area contributed by atoms with Crippen molar-refractivity contribution in [2.75, 3.05) is 19.8 Å². The first-order valence-corrected chi connectivity index (χ1v) is 6.81. The summed E-state index contributed by atoms with van der Waals surface area (Å²) < 4.78 is 5.33. The molecule has 1 amide bonds. The molecule has 0 aromatic rings. The van der Waals surface area contributed by atoms with Crippen LogP contribution in [0.1, 0.15) is 33.6 Å². The predicted octanol–water partition coefficient (Wildman–Crippen LogP) is 0.371. The Labute approximate surface area is 113 Å². The van der Waals surface area contributed by atoms with Crippen molar-refractivity contribution in [2.24, 2.45) is 5.92 Å². The molecule has 1 saturated heterocycles. The van der Waals surface area contributed by atoms with E-state index in [1.807, 2.05) is 0 Å². The highest BCUT2D eigenvalue weighted by Gasteiger charge is 2.39. The van der Waals surface area contributed by atoms with Crippen LogP contribution >= 0.6 is 0 Å². The number of carbonyl (C=O) groups is 2. The minimum atomic E-state index is -1.21. The maximum Gasteiger partial charge on any atom is 0.329 e. The Morgan fingerprint density at radius 1 is 1.37 bits per heavy atom. The van der Waals surface area contributed by atoms with E-state index in [1.165, 1.54) is 6.92 Å². The quantitative estimate of drug-likeness (QED) is 0.623. The van der Waals surface area contributed by atoms with Gasteiger partial charge in [-0.05, 0) is 26.3 Å². The Morgan fingerprint density at radius 3 is 2.58 bits per heavy atom. The highest BCUT2D eigenvalue weighted by Crippen LogP contribution is 2.17. The number of carbonyl (C=O) groups excluding carboxylic acids is 1. The normalized spacial score (nSPS) is 25.8. The number of nitrogens with one attached hydrogen (secondary N) is 2. The third-order valence-corrected chi connectivity index (χ3v) is 3.65. The fraction of sp³-hybridized carbons (Fsp3) is 0.846. The third kappa shape index (κ3) is 3.91. The zero-order valence-corrected chi connectivity index (χ0v) is 11.9. The standard InChI is InChI=1S/C13H24N2O4/c1-4-6-14-10-8-19-7-9(10)11(16)15-13(3,5-2)12(17)18/h9-10,14H,4-8H2,1-3H3,(H,15,16)(H,17,18). The second kappa shape index (κ2) is 6.86. The van der Waals surface area contributed by atoms with Crippen molar-refractivity contribution in [1.82, 2.24) is 10.6 Å². The lowest BCUT2D eigenvalue weighted by atomic mass is 9.96. The maximum atomic E-state index is 12.2. The number of hydrogen-bond donors (Lipinski definition) is 3. The molecule has 0 aromatic heterocycles. The van der Waals surface area contributed by atoms with Gasteiger partial charge in [0.25, 0.3) is 0 Å². The first-order valence-electron chi connectivity index (χ1n) is 6.81. The number of amides is 1. The average molecular weight is 272 g/mol. The van der Waals surface area contributed by atoms with Crippen LogP contribution in [0.15, 0.2) is 0 Å². The van der Waals surface area contributed by atoms with Crippen molar-refractivity contribution in [1.29, 1.82) is 0 Å². The summed E-state index contributed by atoms with van der Waals surface area (Å²) in [7, 11) is 0. The van der Waals surface area contributed by atoms with Gasteiger partial charge in [0.1, 0.15) is 5.54 Å². The molecule has 1 aliphatic rings. The number of ether oxygens (including phenoxy) is 1. The molecule has 3 N–H and O–H groups in total. The summed E-state index contributed by atoms with van der Waals surface area (Å²) in [4.78, 5) is 23.4. The maximum absolute atomic E-state index is 12.2. The van der Waals surface area contributed by atoms with E-state index in [4.69, 9.17) is 9.84 Å². The van der Waals surface area contributed by atoms with Crippen LogP contribution in [0.4, 0.5) is 0 Å². The van der Waals surface area contributed by atoms with E-state index in [-0.39, 0.29) is 17.9 Å². The van der Waals surface area contributed by atoms with Gasteiger partial charge >= 0.3 is 5.97 Å². The van der Waals surface area contributed by atoms with Gasteiger partial charge in [0.2, 0.25) is 5.91 Å². The molecule has 0 saturated carbocycles. The highest BCUT2D eigenvalue weighted by atomic mass is 16.5. The molecule has 0 aromatic carbocycles. The topological polar surface area (TPSA) is 87.7 Å². The lowest BCUT2D eigenvalue weighted by Crippen LogP contribution is -2.55. The van der Waals surface area contributed by atoms with Gasteiger partial charge in [-0.2, -0.15) is 0 Å². The molecule has 0 radical (unpaired) electrons. The largest absolute Gasteiger partial charge is 0.480 e. The van der Waals surface area contributed by atoms with Crippen LogP contribution in [-0.4, -0.2) is 48.3 Å². The molecule has 110 valence electrons. The predicted molar refractivity (Wildman–Crippen MR) is 70.9 cm³/mol. The Hall–Kier alpha value is -1.14. The number of carboxylic acid groups (broad SMARTS) is 1. The molecule has 6 heteroatoms. The van der Waals surface area contributed by atoms with Gasteiger partial charge in [0.15, 0.2) is 0 Å². The SMILES string of the molecule is CCCNC1COCC1C(=O)NC(C)(CC)C(=O)O. The Morgan fingerprint density at radius 2 is 2.05 bits per heavy atom. The van der Waals surface area contributed by atoms with Crippen molar-refractivity contribution >= 4 is 11.9 Å². The van der Waals surface area contributed by atoms with Crippen molar-refractivity contribution in [2.45, 2.75) is 45.2 Å². The lowest BCUT2D eigenvalue weighted by Gasteiger charge is -2.27. The zero-order valence-electron chi connectivity index (χ0n) is 11.9. The van der Waals surface area contributed by atoms with Crippen molar-refractivity contribution in [3.05, 3.63) is 0 Å². The van der Waals surface area contributed by atoms with Crippen molar-refractivity contribution < 1.29 is 19.4 Å². The second-order valence-electron chi connectivity index (χ2n) is 5.18. The van der Waals surface area contributed by atoms with Crippen LogP contribution in [0.25, 0.3) is 0 Å². The van der Waals surface area contributed by atoms with Gasteiger partial charge in [-0.3, -0.25) is 4.79 Å². The monoisotopic (exact) mass is 272 g/mol. The Balaban J connectivity index is 2.63. The molecule has 1 heterocycles. The average Bonchev–Trinajstić information content (AvgIpc) is 2.84. The smallest absolute Gasteiger partial charge is 0.329 e. The van der Waals surface area contributed by atoms with Gasteiger partial charge in [-0.15, -0.1) is 0 Å². The lowest BCUT2D eigenvalue weighted by molar-refractivity contribution is -0.147. The van der Waals surface area contributed by atoms with Crippen LogP contribution in [0.3, 0.4) is 0 Å². The molecule has 1 rings (SSSR count). The van der Waals surface area contributed by atoms with Crippen LogP contribution in [0.2, 0.25) is 0 Å². The molecular weight excluding hydrogens is 248 g/mol. The summed E-state index contributed by atoms with van der Waals surface area (Å²) in [5.74, 6) is -1.59. The molecule has 3 unspecified atom stereocenters. The van der Waals surface area contributed by atoms with E-state index >= 15 is 0 Å². The van der Waals surface area contributed by atoms with Gasteiger partial charge in [-0.1, -0.05) is 13.8 Å². The van der Waals surface area contributed by atoms with Gasteiger partial charge in [0, 0.05) is 6.04 Å². The molecule has 19 heavy (non-hydrogen) atoms. The summed E-state index contributed by atoms with van der Waals surface area (Å²) in [5.41, 5.74) is -1.21. The molecule has 1 fully saturated rings. The van der Waals surface area contributed by atoms with Crippen molar-refractivity contribution in [3.63, 3.8) is 0 Å². The van der Waals surface area contributed by atoms with Gasteiger partial charge in [0.05, 0.1) is 19.1 Å².